The molecule has 0 radical (unpaired) electrons. The molecular weight excluding hydrogens is 206 g/mol. The fourth-order valence-corrected chi connectivity index (χ4v) is 2.11. The van der Waals surface area contributed by atoms with Gasteiger partial charge in [0.15, 0.2) is 0 Å². The molecule has 1 saturated carbocycles. The first-order chi connectivity index (χ1) is 7.70. The number of aliphatic hydroxyl groups excluding tert-OH is 1. The van der Waals surface area contributed by atoms with E-state index >= 15 is 0 Å². The molecule has 0 bridgehead atoms. The summed E-state index contributed by atoms with van der Waals surface area (Å²) in [6.07, 6.45) is 2.14. The minimum Gasteiger partial charge on any atom is -0.497 e. The second-order valence-corrected chi connectivity index (χ2v) is 4.03. The third-order valence-corrected chi connectivity index (χ3v) is 3.01. The van der Waals surface area contributed by atoms with Gasteiger partial charge in [-0.15, -0.1) is 0 Å². The van der Waals surface area contributed by atoms with E-state index in [1.807, 2.05) is 24.3 Å². The van der Waals surface area contributed by atoms with E-state index in [2.05, 4.69) is 4.99 Å². The van der Waals surface area contributed by atoms with Gasteiger partial charge in [-0.1, -0.05) is 12.1 Å². The van der Waals surface area contributed by atoms with Gasteiger partial charge in [-0.3, -0.25) is 0 Å². The molecule has 1 aliphatic carbocycles. The lowest BCUT2D eigenvalue weighted by Crippen LogP contribution is -2.43. The van der Waals surface area contributed by atoms with Gasteiger partial charge in [0.2, 0.25) is 6.08 Å². The molecule has 0 saturated heterocycles. The lowest BCUT2D eigenvalue weighted by molar-refractivity contribution is 0.0222. The van der Waals surface area contributed by atoms with Gasteiger partial charge in [0.25, 0.3) is 0 Å². The van der Waals surface area contributed by atoms with Crippen LogP contribution in [0, 0.1) is 0 Å². The van der Waals surface area contributed by atoms with Crippen LogP contribution in [0.5, 0.6) is 5.75 Å². The molecule has 0 aromatic heterocycles. The number of nitrogens with zero attached hydrogens (tertiary/aromatic N) is 1. The van der Waals surface area contributed by atoms with Crippen LogP contribution in [0.3, 0.4) is 0 Å². The lowest BCUT2D eigenvalue weighted by atomic mass is 9.70. The maximum absolute atomic E-state index is 10.4. The van der Waals surface area contributed by atoms with Crippen LogP contribution in [-0.4, -0.2) is 24.4 Å². The molecule has 2 rings (SSSR count). The number of methoxy groups -OCH3 is 1. The molecule has 4 nitrogen and oxygen atoms in total. The van der Waals surface area contributed by atoms with Crippen molar-refractivity contribution >= 4 is 6.08 Å². The van der Waals surface area contributed by atoms with Crippen LogP contribution in [0.25, 0.3) is 0 Å². The maximum Gasteiger partial charge on any atom is 0.235 e. The van der Waals surface area contributed by atoms with Crippen molar-refractivity contribution in [1.82, 2.24) is 0 Å². The first-order valence-electron chi connectivity index (χ1n) is 5.12. The predicted molar refractivity (Wildman–Crippen MR) is 58.0 cm³/mol. The Labute approximate surface area is 93.6 Å². The van der Waals surface area contributed by atoms with E-state index in [0.29, 0.717) is 12.8 Å². The fourth-order valence-electron chi connectivity index (χ4n) is 2.11. The largest absolute Gasteiger partial charge is 0.497 e. The summed E-state index contributed by atoms with van der Waals surface area (Å²) in [6, 6.07) is 7.40. The zero-order valence-corrected chi connectivity index (χ0v) is 9.01. The first kappa shape index (κ1) is 10.9. The third-order valence-electron chi connectivity index (χ3n) is 3.01. The number of hydrogen-bond acceptors (Lipinski definition) is 4. The Hall–Kier alpha value is -1.64. The van der Waals surface area contributed by atoms with Crippen molar-refractivity contribution in [3.8, 4) is 5.75 Å². The summed E-state index contributed by atoms with van der Waals surface area (Å²) >= 11 is 0. The molecule has 0 amide bonds. The SMILES string of the molecule is COc1cccc(C2(N=C=O)CC(O)C2)c1. The second kappa shape index (κ2) is 4.08. The number of isocyanates is 1. The molecule has 16 heavy (non-hydrogen) atoms. The number of carbonyl (C=O) groups excluding carboxylic acids is 1. The maximum atomic E-state index is 10.4. The Morgan fingerprint density at radius 1 is 1.56 bits per heavy atom. The Bertz CT molecular complexity index is 432. The number of hydrogen-bond donors (Lipinski definition) is 1. The van der Waals surface area contributed by atoms with Gasteiger partial charge in [0.1, 0.15) is 11.3 Å². The van der Waals surface area contributed by atoms with Crippen molar-refractivity contribution in [2.75, 3.05) is 7.11 Å². The van der Waals surface area contributed by atoms with Crippen molar-refractivity contribution in [2.45, 2.75) is 24.5 Å². The van der Waals surface area contributed by atoms with E-state index in [4.69, 9.17) is 4.74 Å². The van der Waals surface area contributed by atoms with Gasteiger partial charge < -0.3 is 9.84 Å². The molecule has 0 spiro atoms. The Balaban J connectivity index is 2.36. The minimum atomic E-state index is -0.601. The molecule has 0 aliphatic heterocycles. The van der Waals surface area contributed by atoms with Gasteiger partial charge in [-0.05, 0) is 17.7 Å². The molecule has 1 fully saturated rings. The topological polar surface area (TPSA) is 58.9 Å². The number of ether oxygens (including phenoxy) is 1. The van der Waals surface area contributed by atoms with Crippen molar-refractivity contribution in [1.29, 1.82) is 0 Å². The molecule has 0 atom stereocenters. The summed E-state index contributed by atoms with van der Waals surface area (Å²) < 4.78 is 5.12. The highest BCUT2D eigenvalue weighted by Gasteiger charge is 2.45. The van der Waals surface area contributed by atoms with E-state index in [-0.39, 0.29) is 6.10 Å². The van der Waals surface area contributed by atoms with Crippen LogP contribution in [0.1, 0.15) is 18.4 Å². The standard InChI is InChI=1S/C12H13NO3/c1-16-11-4-2-3-9(5-11)12(13-8-14)6-10(15)7-12/h2-5,10,15H,6-7H2,1H3. The van der Waals surface area contributed by atoms with E-state index in [1.165, 1.54) is 0 Å². The summed E-state index contributed by atoms with van der Waals surface area (Å²) in [5.41, 5.74) is 0.288. The van der Waals surface area contributed by atoms with Gasteiger partial charge >= 0.3 is 0 Å². The summed E-state index contributed by atoms with van der Waals surface area (Å²) in [5, 5.41) is 9.38. The summed E-state index contributed by atoms with van der Waals surface area (Å²) in [6.45, 7) is 0. The second-order valence-electron chi connectivity index (χ2n) is 4.03. The molecule has 4 heteroatoms. The average molecular weight is 219 g/mol. The van der Waals surface area contributed by atoms with Crippen LogP contribution in [-0.2, 0) is 10.3 Å². The molecule has 1 aliphatic rings. The third kappa shape index (κ3) is 1.73. The number of aliphatic imine (C=N–C) groups is 1. The number of aliphatic hydroxyl groups is 1. The normalized spacial score (nSPS) is 27.8. The molecule has 1 N–H and O–H groups in total. The molecule has 1 aromatic carbocycles. The number of benzene rings is 1. The van der Waals surface area contributed by atoms with Gasteiger partial charge in [0.05, 0.1) is 13.2 Å². The zero-order chi connectivity index (χ0) is 11.6. The lowest BCUT2D eigenvalue weighted by Gasteiger charge is -2.41. The van der Waals surface area contributed by atoms with E-state index < -0.39 is 5.54 Å². The predicted octanol–water partition coefficient (Wildman–Crippen LogP) is 1.38. The highest BCUT2D eigenvalue weighted by Crippen LogP contribution is 2.45. The summed E-state index contributed by atoms with van der Waals surface area (Å²) in [4.78, 5) is 14.3. The smallest absolute Gasteiger partial charge is 0.235 e. The Morgan fingerprint density at radius 2 is 2.31 bits per heavy atom. The van der Waals surface area contributed by atoms with Crippen LogP contribution in [0.15, 0.2) is 29.3 Å². The monoisotopic (exact) mass is 219 g/mol. The quantitative estimate of drug-likeness (QED) is 0.617. The van der Waals surface area contributed by atoms with Crippen molar-refractivity contribution in [2.24, 2.45) is 4.99 Å². The Kier molecular flexibility index (Phi) is 2.77. The molecule has 84 valence electrons. The summed E-state index contributed by atoms with van der Waals surface area (Å²) in [7, 11) is 1.59. The van der Waals surface area contributed by atoms with Gasteiger partial charge in [-0.25, -0.2) is 4.79 Å². The van der Waals surface area contributed by atoms with E-state index in [0.717, 1.165) is 11.3 Å². The van der Waals surface area contributed by atoms with Crippen molar-refractivity contribution in [3.05, 3.63) is 29.8 Å². The Morgan fingerprint density at radius 3 is 2.88 bits per heavy atom. The number of rotatable bonds is 3. The molecular formula is C12H13NO3. The van der Waals surface area contributed by atoms with Gasteiger partial charge in [-0.2, -0.15) is 4.99 Å². The highest BCUT2D eigenvalue weighted by atomic mass is 16.5. The van der Waals surface area contributed by atoms with E-state index in [1.54, 1.807) is 13.2 Å². The van der Waals surface area contributed by atoms with E-state index in [9.17, 15) is 9.90 Å². The average Bonchev–Trinajstić information content (AvgIpc) is 2.27. The van der Waals surface area contributed by atoms with Crippen molar-refractivity contribution in [3.63, 3.8) is 0 Å². The zero-order valence-electron chi connectivity index (χ0n) is 9.01. The minimum absolute atomic E-state index is 0.386. The molecule has 0 heterocycles. The fraction of sp³-hybridized carbons (Fsp3) is 0.417. The van der Waals surface area contributed by atoms with Crippen LogP contribution >= 0.6 is 0 Å². The van der Waals surface area contributed by atoms with Crippen LogP contribution in [0.2, 0.25) is 0 Å². The molecule has 1 aromatic rings. The first-order valence-corrected chi connectivity index (χ1v) is 5.12. The summed E-state index contributed by atoms with van der Waals surface area (Å²) in [5.74, 6) is 0.722. The highest BCUT2D eigenvalue weighted by molar-refractivity contribution is 5.42. The molecule has 0 unspecified atom stereocenters. The van der Waals surface area contributed by atoms with Gasteiger partial charge in [0, 0.05) is 12.8 Å². The van der Waals surface area contributed by atoms with Crippen LogP contribution in [0.4, 0.5) is 0 Å². The van der Waals surface area contributed by atoms with Crippen LogP contribution < -0.4 is 4.74 Å². The van der Waals surface area contributed by atoms with Crippen molar-refractivity contribution < 1.29 is 14.6 Å².